The number of methoxy groups -OCH3 is 2. The Balaban J connectivity index is 1.18. The van der Waals surface area contributed by atoms with Crippen molar-refractivity contribution in [1.29, 1.82) is 0 Å². The van der Waals surface area contributed by atoms with E-state index in [1.54, 1.807) is 28.1 Å². The van der Waals surface area contributed by atoms with E-state index in [9.17, 15) is 9.59 Å². The molecule has 0 unspecified atom stereocenters. The molecule has 4 aromatic rings. The molecule has 2 aromatic carbocycles. The molecule has 0 radical (unpaired) electrons. The Morgan fingerprint density at radius 3 is 1.92 bits per heavy atom. The number of nitrogens with one attached hydrogen (secondary N) is 2. The molecule has 2 N–H and O–H groups in total. The largest absolute Gasteiger partial charge is 0.496 e. The van der Waals surface area contributed by atoms with Crippen LogP contribution in [-0.4, -0.2) is 89.0 Å². The second kappa shape index (κ2) is 17.0. The highest BCUT2D eigenvalue weighted by Crippen LogP contribution is 2.41. The number of likely N-dealkylation sites (tertiary alicyclic amines) is 2. The quantitative estimate of drug-likeness (QED) is 0.180. The Labute approximate surface area is 315 Å². The first-order valence-corrected chi connectivity index (χ1v) is 18.4. The summed E-state index contributed by atoms with van der Waals surface area (Å²) in [6.45, 7) is 7.53. The fraction of sp³-hybridized carbons (Fsp3) is 0.410. The predicted octanol–water partition coefficient (Wildman–Crippen LogP) is 6.40. The van der Waals surface area contributed by atoms with Gasteiger partial charge in [-0.25, -0.2) is 15.0 Å². The second-order valence-corrected chi connectivity index (χ2v) is 14.0. The third-order valence-corrected chi connectivity index (χ3v) is 10.8. The van der Waals surface area contributed by atoms with E-state index < -0.39 is 0 Å². The summed E-state index contributed by atoms with van der Waals surface area (Å²) in [6, 6.07) is 16.2. The lowest BCUT2D eigenvalue weighted by atomic mass is 10.0. The third-order valence-electron chi connectivity index (χ3n) is 10.1. The minimum absolute atomic E-state index is 0.125. The monoisotopic (exact) mass is 745 g/mol. The molecule has 0 aliphatic carbocycles. The first-order valence-electron chi connectivity index (χ1n) is 17.7. The highest BCUT2D eigenvalue weighted by Gasteiger charge is 2.23. The molecule has 11 nitrogen and oxygen atoms in total. The normalized spacial score (nSPS) is 15.5. The fourth-order valence-corrected chi connectivity index (χ4v) is 7.57. The fourth-order valence-electron chi connectivity index (χ4n) is 6.95. The first kappa shape index (κ1) is 37.5. The van der Waals surface area contributed by atoms with Gasteiger partial charge in [-0.3, -0.25) is 9.59 Å². The maximum atomic E-state index is 11.7. The smallest absolute Gasteiger partial charge is 0.219 e. The number of hydrogen-bond acceptors (Lipinski definition) is 9. The van der Waals surface area contributed by atoms with E-state index in [0.717, 1.165) is 79.9 Å². The predicted molar refractivity (Wildman–Crippen MR) is 203 cm³/mol. The number of pyridine rings is 1. The van der Waals surface area contributed by atoms with Gasteiger partial charge in [0.25, 0.3) is 0 Å². The third kappa shape index (κ3) is 8.50. The van der Waals surface area contributed by atoms with E-state index in [0.29, 0.717) is 63.7 Å². The van der Waals surface area contributed by atoms with Crippen molar-refractivity contribution in [3.63, 3.8) is 0 Å². The van der Waals surface area contributed by atoms with Crippen LogP contribution in [0.5, 0.6) is 11.6 Å². The number of piperidine rings is 2. The molecular formula is C39H45Cl2N7O4. The number of hydrogen-bond donors (Lipinski definition) is 2. The molecule has 52 heavy (non-hydrogen) atoms. The van der Waals surface area contributed by atoms with Gasteiger partial charge in [0.15, 0.2) is 0 Å². The van der Waals surface area contributed by atoms with Crippen LogP contribution in [0.3, 0.4) is 0 Å². The van der Waals surface area contributed by atoms with Crippen LogP contribution in [0.4, 0.5) is 0 Å². The van der Waals surface area contributed by atoms with Gasteiger partial charge in [-0.1, -0.05) is 59.6 Å². The topological polar surface area (TPSA) is 122 Å². The van der Waals surface area contributed by atoms with Crippen LogP contribution in [0.15, 0.2) is 54.9 Å². The van der Waals surface area contributed by atoms with Crippen LogP contribution in [0, 0.1) is 0 Å². The van der Waals surface area contributed by atoms with Gasteiger partial charge in [-0.2, -0.15) is 0 Å². The molecule has 13 heteroatoms. The molecule has 2 amide bonds. The number of ether oxygens (including phenoxy) is 2. The molecule has 0 spiro atoms. The molecule has 2 aliphatic rings. The van der Waals surface area contributed by atoms with E-state index in [-0.39, 0.29) is 11.8 Å². The van der Waals surface area contributed by atoms with Crippen LogP contribution in [0.2, 0.25) is 10.0 Å². The Kier molecular flexibility index (Phi) is 12.3. The highest BCUT2D eigenvalue weighted by molar-refractivity contribution is 6.38. The van der Waals surface area contributed by atoms with E-state index in [4.69, 9.17) is 37.7 Å². The minimum atomic E-state index is 0.125. The molecule has 0 bridgehead atoms. The summed E-state index contributed by atoms with van der Waals surface area (Å²) in [5, 5.41) is 8.05. The number of carbonyl (C=O) groups is 2. The van der Waals surface area contributed by atoms with Gasteiger partial charge in [0, 0.05) is 93.0 Å². The average molecular weight is 747 g/mol. The molecule has 274 valence electrons. The number of benzene rings is 2. The summed E-state index contributed by atoms with van der Waals surface area (Å²) in [5.41, 5.74) is 5.83. The maximum Gasteiger partial charge on any atom is 0.219 e. The van der Waals surface area contributed by atoms with Crippen molar-refractivity contribution >= 4 is 35.0 Å². The van der Waals surface area contributed by atoms with Crippen molar-refractivity contribution in [1.82, 2.24) is 35.4 Å². The molecule has 2 aromatic heterocycles. The Hall–Kier alpha value is -4.29. The molecule has 6 rings (SSSR count). The van der Waals surface area contributed by atoms with E-state index in [1.807, 2.05) is 58.3 Å². The van der Waals surface area contributed by atoms with E-state index in [2.05, 4.69) is 20.6 Å². The van der Waals surface area contributed by atoms with Crippen LogP contribution in [-0.2, 0) is 22.7 Å². The van der Waals surface area contributed by atoms with Crippen molar-refractivity contribution in [2.75, 3.05) is 40.4 Å². The summed E-state index contributed by atoms with van der Waals surface area (Å²) in [4.78, 5) is 41.1. The Bertz CT molecular complexity index is 1770. The number of amides is 2. The minimum Gasteiger partial charge on any atom is -0.496 e. The summed E-state index contributed by atoms with van der Waals surface area (Å²) in [5.74, 6) is 1.49. The van der Waals surface area contributed by atoms with Crippen molar-refractivity contribution in [2.24, 2.45) is 0 Å². The number of aromatic nitrogens is 3. The van der Waals surface area contributed by atoms with Gasteiger partial charge in [-0.05, 0) is 37.8 Å². The molecule has 0 atom stereocenters. The molecular weight excluding hydrogens is 701 g/mol. The lowest BCUT2D eigenvalue weighted by molar-refractivity contribution is -0.130. The molecule has 2 saturated heterocycles. The zero-order chi connectivity index (χ0) is 36.8. The number of nitrogens with zero attached hydrogens (tertiary/aromatic N) is 5. The van der Waals surface area contributed by atoms with Crippen molar-refractivity contribution in [2.45, 2.75) is 64.7 Å². The van der Waals surface area contributed by atoms with E-state index >= 15 is 0 Å². The maximum absolute atomic E-state index is 11.7. The molecule has 0 saturated carbocycles. The van der Waals surface area contributed by atoms with Crippen molar-refractivity contribution in [3.8, 4) is 45.4 Å². The Morgan fingerprint density at radius 2 is 1.33 bits per heavy atom. The average Bonchev–Trinajstić information content (AvgIpc) is 3.17. The summed E-state index contributed by atoms with van der Waals surface area (Å²) in [6.07, 6.45) is 5.13. The summed E-state index contributed by atoms with van der Waals surface area (Å²) in [7, 11) is 3.26. The standard InChI is InChI=1S/C39H45Cl2N7O4/c1-24(49)47-16-12-29(13-17-47)42-21-27-9-8-26(20-34(27)51-3)37-36(41)38(45-23-44-37)32-7-5-6-31(35(32)40)33-11-10-28(39(46-33)52-4)22-43-30-14-18-48(19-15-30)25(2)50/h5-11,20,23,29-30,42-43H,12-19,21-22H2,1-4H3. The van der Waals surface area contributed by atoms with Gasteiger partial charge in [0.05, 0.1) is 41.3 Å². The number of rotatable bonds is 11. The van der Waals surface area contributed by atoms with Crippen LogP contribution in [0.1, 0.15) is 50.7 Å². The lowest BCUT2D eigenvalue weighted by Gasteiger charge is -2.32. The SMILES string of the molecule is COc1cc(-c2ncnc(-c3cccc(-c4ccc(CNC5CCN(C(C)=O)CC5)c(OC)n4)c3Cl)c2Cl)ccc1CNC1CCN(C(C)=O)CC1. The summed E-state index contributed by atoms with van der Waals surface area (Å²) >= 11 is 14.1. The van der Waals surface area contributed by atoms with Crippen molar-refractivity contribution < 1.29 is 19.1 Å². The van der Waals surface area contributed by atoms with Crippen LogP contribution < -0.4 is 20.1 Å². The van der Waals surface area contributed by atoms with Gasteiger partial charge in [0.2, 0.25) is 17.7 Å². The lowest BCUT2D eigenvalue weighted by Crippen LogP contribution is -2.44. The first-order chi connectivity index (χ1) is 25.2. The van der Waals surface area contributed by atoms with Gasteiger partial charge in [-0.15, -0.1) is 0 Å². The van der Waals surface area contributed by atoms with Crippen LogP contribution >= 0.6 is 23.2 Å². The van der Waals surface area contributed by atoms with Gasteiger partial charge >= 0.3 is 0 Å². The Morgan fingerprint density at radius 1 is 0.750 bits per heavy atom. The van der Waals surface area contributed by atoms with E-state index in [1.165, 1.54) is 6.33 Å². The van der Waals surface area contributed by atoms with Crippen molar-refractivity contribution in [3.05, 3.63) is 76.0 Å². The molecule has 2 fully saturated rings. The van der Waals surface area contributed by atoms with Gasteiger partial charge < -0.3 is 29.9 Å². The zero-order valence-corrected chi connectivity index (χ0v) is 31.6. The summed E-state index contributed by atoms with van der Waals surface area (Å²) < 4.78 is 11.5. The highest BCUT2D eigenvalue weighted by atomic mass is 35.5. The molecule has 2 aliphatic heterocycles. The second-order valence-electron chi connectivity index (χ2n) is 13.3. The zero-order valence-electron chi connectivity index (χ0n) is 30.0. The number of carbonyl (C=O) groups excluding carboxylic acids is 2. The van der Waals surface area contributed by atoms with Gasteiger partial charge in [0.1, 0.15) is 12.1 Å². The van der Waals surface area contributed by atoms with Crippen LogP contribution in [0.25, 0.3) is 33.8 Å². The molecule has 4 heterocycles. The number of halogens is 2.